The fourth-order valence-electron chi connectivity index (χ4n) is 12.4. The zero-order chi connectivity index (χ0) is 73.8. The number of hydrogen-bond donors (Lipinski definition) is 3. The number of aliphatic hydroxyl groups excluding tert-OH is 1. The molecule has 0 aromatic heterocycles. The Morgan fingerprint density at radius 2 is 0.420 bits per heavy atom. The molecule has 594 valence electrons. The van der Waals surface area contributed by atoms with E-state index in [0.29, 0.717) is 31.6 Å². The smallest absolute Gasteiger partial charge is 0.462 e. The van der Waals surface area contributed by atoms with Gasteiger partial charge in [0.15, 0.2) is 12.2 Å². The van der Waals surface area contributed by atoms with Gasteiger partial charge in [-0.15, -0.1) is 0 Å². The van der Waals surface area contributed by atoms with Crippen molar-refractivity contribution in [2.45, 2.75) is 433 Å². The van der Waals surface area contributed by atoms with Gasteiger partial charge >= 0.3 is 39.5 Å². The normalized spacial score (nSPS) is 14.0. The summed E-state index contributed by atoms with van der Waals surface area (Å²) in [6.07, 6.45) is 57.0. The average Bonchev–Trinajstić information content (AvgIpc) is 0.945. The summed E-state index contributed by atoms with van der Waals surface area (Å²) >= 11 is 0. The summed E-state index contributed by atoms with van der Waals surface area (Å²) in [6, 6.07) is 0. The number of carbonyl (C=O) groups is 4. The first-order valence-electron chi connectivity index (χ1n) is 41.7. The second-order valence-electron chi connectivity index (χ2n) is 31.1. The van der Waals surface area contributed by atoms with Gasteiger partial charge in [0.2, 0.25) is 0 Å². The maximum absolute atomic E-state index is 13.1. The Balaban J connectivity index is 5.20. The molecule has 0 aliphatic heterocycles. The average molecular weight is 1470 g/mol. The lowest BCUT2D eigenvalue weighted by molar-refractivity contribution is -0.161. The number of rotatable bonds is 78. The van der Waals surface area contributed by atoms with Crippen LogP contribution in [0.4, 0.5) is 0 Å². The Labute approximate surface area is 613 Å². The number of aliphatic hydroxyl groups is 1. The predicted octanol–water partition coefficient (Wildman–Crippen LogP) is 24.0. The first kappa shape index (κ1) is 98.1. The SMILES string of the molecule is CC(C)CCCCCCCCCCCCCCCCCCCCC(=O)O[C@H](COC(=O)CCCCCCCCCC(C)C)COP(=O)(O)OCC(O)COP(=O)(O)OC[C@@H](COC(=O)CCCCCCCCCCCCC(C)C)OC(=O)CCCCCCCCCCCCCCCC(C)C. The van der Waals surface area contributed by atoms with Crippen molar-refractivity contribution >= 4 is 39.5 Å². The molecule has 5 atom stereocenters. The van der Waals surface area contributed by atoms with E-state index in [9.17, 15) is 43.2 Å². The van der Waals surface area contributed by atoms with Gasteiger partial charge in [0.25, 0.3) is 0 Å². The molecule has 3 unspecified atom stereocenters. The van der Waals surface area contributed by atoms with Crippen LogP contribution in [0.15, 0.2) is 0 Å². The van der Waals surface area contributed by atoms with Gasteiger partial charge < -0.3 is 33.8 Å². The van der Waals surface area contributed by atoms with Crippen LogP contribution in [0.2, 0.25) is 0 Å². The van der Waals surface area contributed by atoms with Gasteiger partial charge in [-0.2, -0.15) is 0 Å². The number of unbranched alkanes of at least 4 members (excludes halogenated alkanes) is 44. The lowest BCUT2D eigenvalue weighted by Crippen LogP contribution is -2.30. The molecule has 0 spiro atoms. The van der Waals surface area contributed by atoms with E-state index in [4.69, 9.17) is 37.0 Å². The molecule has 100 heavy (non-hydrogen) atoms. The highest BCUT2D eigenvalue weighted by Gasteiger charge is 2.30. The number of phosphoric acid groups is 2. The third-order valence-corrected chi connectivity index (χ3v) is 20.7. The Morgan fingerprint density at radius 3 is 0.620 bits per heavy atom. The minimum Gasteiger partial charge on any atom is -0.462 e. The second kappa shape index (κ2) is 70.1. The van der Waals surface area contributed by atoms with Crippen LogP contribution in [0.3, 0.4) is 0 Å². The van der Waals surface area contributed by atoms with E-state index in [2.05, 4.69) is 55.4 Å². The lowest BCUT2D eigenvalue weighted by Gasteiger charge is -2.21. The highest BCUT2D eigenvalue weighted by Crippen LogP contribution is 2.45. The zero-order valence-electron chi connectivity index (χ0n) is 65.8. The minimum atomic E-state index is -4.96. The van der Waals surface area contributed by atoms with Gasteiger partial charge in [0.05, 0.1) is 26.4 Å². The summed E-state index contributed by atoms with van der Waals surface area (Å²) in [6.45, 7) is 14.2. The largest absolute Gasteiger partial charge is 0.472 e. The lowest BCUT2D eigenvalue weighted by atomic mass is 10.0. The molecule has 0 aliphatic carbocycles. The van der Waals surface area contributed by atoms with Gasteiger partial charge in [-0.3, -0.25) is 37.3 Å². The molecule has 0 fully saturated rings. The molecule has 0 rings (SSSR count). The molecule has 0 saturated heterocycles. The summed E-state index contributed by atoms with van der Waals surface area (Å²) in [5.74, 6) is 0.955. The van der Waals surface area contributed by atoms with E-state index in [-0.39, 0.29) is 25.7 Å². The van der Waals surface area contributed by atoms with E-state index in [1.165, 1.54) is 212 Å². The monoisotopic (exact) mass is 1470 g/mol. The van der Waals surface area contributed by atoms with Crippen molar-refractivity contribution in [2.24, 2.45) is 23.7 Å². The molecular weight excluding hydrogens is 1310 g/mol. The van der Waals surface area contributed by atoms with Crippen molar-refractivity contribution in [1.29, 1.82) is 0 Å². The zero-order valence-corrected chi connectivity index (χ0v) is 67.6. The molecule has 17 nitrogen and oxygen atoms in total. The molecule has 0 heterocycles. The summed E-state index contributed by atoms with van der Waals surface area (Å²) in [5.41, 5.74) is 0. The van der Waals surface area contributed by atoms with Crippen LogP contribution < -0.4 is 0 Å². The van der Waals surface area contributed by atoms with Crippen LogP contribution in [0.25, 0.3) is 0 Å². The number of esters is 4. The second-order valence-corrected chi connectivity index (χ2v) is 34.0. The molecule has 0 saturated carbocycles. The third-order valence-electron chi connectivity index (χ3n) is 18.8. The Hall–Kier alpha value is -1.94. The first-order chi connectivity index (χ1) is 48.1. The number of hydrogen-bond acceptors (Lipinski definition) is 15. The van der Waals surface area contributed by atoms with Crippen molar-refractivity contribution in [3.8, 4) is 0 Å². The van der Waals surface area contributed by atoms with Crippen LogP contribution >= 0.6 is 15.6 Å². The first-order valence-corrected chi connectivity index (χ1v) is 44.7. The quantitative estimate of drug-likeness (QED) is 0.0222. The summed E-state index contributed by atoms with van der Waals surface area (Å²) in [4.78, 5) is 73.0. The minimum absolute atomic E-state index is 0.107. The summed E-state index contributed by atoms with van der Waals surface area (Å²) in [7, 11) is -9.92. The highest BCUT2D eigenvalue weighted by molar-refractivity contribution is 7.47. The standard InChI is InChI=1S/C81H158O17P2/c1-71(2)57-49-41-33-26-20-16-13-11-9-10-12-14-18-22-30-38-47-55-63-81(86)98-77(68-92-79(84)62-54-46-40-32-36-44-52-60-74(7)8)70-96-100(89,90)94-66-75(82)65-93-99(87,88)95-69-76(67-91-78(83)61-53-45-37-29-25-24-28-35-43-51-59-73(5)6)97-80(85)64-56-48-39-31-23-19-15-17-21-27-34-42-50-58-72(3)4/h71-77,82H,9-70H2,1-8H3,(H,87,88)(H,89,90)/t75?,76-,77-/m1/s1. The van der Waals surface area contributed by atoms with Gasteiger partial charge in [0, 0.05) is 25.7 Å². The number of phosphoric ester groups is 2. The third kappa shape index (κ3) is 74.3. The molecule has 0 aliphatic rings. The molecule has 3 N–H and O–H groups in total. The van der Waals surface area contributed by atoms with E-state index >= 15 is 0 Å². The van der Waals surface area contributed by atoms with E-state index in [1.54, 1.807) is 0 Å². The highest BCUT2D eigenvalue weighted by atomic mass is 31.2. The van der Waals surface area contributed by atoms with E-state index in [0.717, 1.165) is 114 Å². The predicted molar refractivity (Wildman–Crippen MR) is 409 cm³/mol. The van der Waals surface area contributed by atoms with Gasteiger partial charge in [-0.25, -0.2) is 9.13 Å². The van der Waals surface area contributed by atoms with Crippen LogP contribution in [0, 0.1) is 23.7 Å². The molecule has 0 aromatic rings. The van der Waals surface area contributed by atoms with Crippen LogP contribution in [0.5, 0.6) is 0 Å². The Morgan fingerprint density at radius 1 is 0.250 bits per heavy atom. The molecule has 19 heteroatoms. The van der Waals surface area contributed by atoms with Crippen LogP contribution in [-0.2, 0) is 65.4 Å². The van der Waals surface area contributed by atoms with Crippen molar-refractivity contribution in [3.05, 3.63) is 0 Å². The van der Waals surface area contributed by atoms with Crippen molar-refractivity contribution in [1.82, 2.24) is 0 Å². The van der Waals surface area contributed by atoms with Gasteiger partial charge in [-0.1, -0.05) is 364 Å². The maximum Gasteiger partial charge on any atom is 0.472 e. The Kier molecular flexibility index (Phi) is 68.7. The number of ether oxygens (including phenoxy) is 4. The molecule has 0 amide bonds. The van der Waals surface area contributed by atoms with Gasteiger partial charge in [0.1, 0.15) is 19.3 Å². The van der Waals surface area contributed by atoms with E-state index < -0.39 is 97.5 Å². The van der Waals surface area contributed by atoms with Crippen molar-refractivity contribution in [3.63, 3.8) is 0 Å². The van der Waals surface area contributed by atoms with Crippen molar-refractivity contribution < 1.29 is 80.2 Å². The van der Waals surface area contributed by atoms with E-state index in [1.807, 2.05) is 0 Å². The molecule has 0 aromatic carbocycles. The number of carbonyl (C=O) groups excluding carboxylic acids is 4. The maximum atomic E-state index is 13.1. The summed E-state index contributed by atoms with van der Waals surface area (Å²) < 4.78 is 68.7. The molecule has 0 radical (unpaired) electrons. The van der Waals surface area contributed by atoms with Gasteiger partial charge in [-0.05, 0) is 49.4 Å². The summed E-state index contributed by atoms with van der Waals surface area (Å²) in [5, 5.41) is 10.6. The van der Waals surface area contributed by atoms with Crippen LogP contribution in [0.1, 0.15) is 415 Å². The van der Waals surface area contributed by atoms with Crippen LogP contribution in [-0.4, -0.2) is 96.7 Å². The van der Waals surface area contributed by atoms with Crippen molar-refractivity contribution in [2.75, 3.05) is 39.6 Å². The fraction of sp³-hybridized carbons (Fsp3) is 0.951. The topological polar surface area (TPSA) is 237 Å². The fourth-order valence-corrected chi connectivity index (χ4v) is 14.0. The Bertz CT molecular complexity index is 1950. The molecular formula is C81H158O17P2. The molecule has 0 bridgehead atoms.